The number of ether oxygens (including phenoxy) is 1. The molecule has 0 radical (unpaired) electrons. The van der Waals surface area contributed by atoms with Crippen molar-refractivity contribution in [1.29, 1.82) is 0 Å². The van der Waals surface area contributed by atoms with E-state index in [0.717, 1.165) is 5.56 Å². The van der Waals surface area contributed by atoms with Crippen molar-refractivity contribution in [3.63, 3.8) is 0 Å². The number of benzene rings is 2. The largest absolute Gasteiger partial charge is 0.487 e. The number of sulfonamides is 1. The lowest BCUT2D eigenvalue weighted by molar-refractivity contribution is 0.0734. The van der Waals surface area contributed by atoms with Gasteiger partial charge in [-0.3, -0.25) is 9.88 Å². The molecule has 2 aromatic carbocycles. The summed E-state index contributed by atoms with van der Waals surface area (Å²) in [6.07, 6.45) is 3.18. The Morgan fingerprint density at radius 3 is 2.69 bits per heavy atom. The van der Waals surface area contributed by atoms with Crippen molar-refractivity contribution in [1.82, 2.24) is 14.2 Å². The van der Waals surface area contributed by atoms with Crippen LogP contribution in [0.25, 0.3) is 11.1 Å². The number of aliphatic hydroxyl groups excluding tert-OH is 1. The fraction of sp³-hybridized carbons (Fsp3) is 0.370. The smallest absolute Gasteiger partial charge is 0.247 e. The van der Waals surface area contributed by atoms with E-state index in [-0.39, 0.29) is 35.8 Å². The molecule has 36 heavy (non-hydrogen) atoms. The van der Waals surface area contributed by atoms with Crippen molar-refractivity contribution in [2.45, 2.75) is 37.4 Å². The van der Waals surface area contributed by atoms with Crippen LogP contribution in [0, 0.1) is 11.7 Å². The molecule has 0 fully saturated rings. The number of hydrogen-bond donors (Lipinski definition) is 1. The molecule has 0 bridgehead atoms. The third kappa shape index (κ3) is 5.59. The molecule has 0 saturated heterocycles. The Balaban J connectivity index is 1.74. The molecule has 0 aliphatic carbocycles. The van der Waals surface area contributed by atoms with Gasteiger partial charge in [0, 0.05) is 49.6 Å². The average Bonchev–Trinajstić information content (AvgIpc) is 2.86. The summed E-state index contributed by atoms with van der Waals surface area (Å²) in [5, 5.41) is 9.82. The Labute approximate surface area is 212 Å². The third-order valence-corrected chi connectivity index (χ3v) is 8.54. The maximum Gasteiger partial charge on any atom is 0.247 e. The molecule has 1 aliphatic heterocycles. The number of likely N-dealkylation sites (N-methyl/N-ethyl adjacent to an activating group) is 1. The highest BCUT2D eigenvalue weighted by atomic mass is 32.2. The quantitative estimate of drug-likeness (QED) is 0.518. The molecule has 1 aromatic heterocycles. The summed E-state index contributed by atoms with van der Waals surface area (Å²) in [5.41, 5.74) is 1.94. The maximum atomic E-state index is 14.5. The number of aromatic nitrogens is 1. The molecule has 0 spiro atoms. The molecule has 0 amide bonds. The zero-order valence-corrected chi connectivity index (χ0v) is 21.5. The van der Waals surface area contributed by atoms with Crippen LogP contribution in [0.4, 0.5) is 4.39 Å². The van der Waals surface area contributed by atoms with Gasteiger partial charge in [0.1, 0.15) is 22.6 Å². The Morgan fingerprint density at radius 2 is 2.00 bits per heavy atom. The Morgan fingerprint density at radius 1 is 1.22 bits per heavy atom. The fourth-order valence-corrected chi connectivity index (χ4v) is 6.31. The molecule has 3 aromatic rings. The van der Waals surface area contributed by atoms with E-state index >= 15 is 0 Å². The van der Waals surface area contributed by atoms with Gasteiger partial charge in [0.2, 0.25) is 10.0 Å². The van der Waals surface area contributed by atoms with Gasteiger partial charge in [-0.25, -0.2) is 12.8 Å². The van der Waals surface area contributed by atoms with Crippen LogP contribution in [-0.4, -0.2) is 66.6 Å². The normalized spacial score (nSPS) is 20.7. The van der Waals surface area contributed by atoms with Crippen LogP contribution < -0.4 is 4.74 Å². The molecular weight excluding hydrogens is 481 g/mol. The topological polar surface area (TPSA) is 83.0 Å². The minimum absolute atomic E-state index is 0.00898. The van der Waals surface area contributed by atoms with Gasteiger partial charge in [0.15, 0.2) is 0 Å². The first-order valence-electron chi connectivity index (χ1n) is 12.0. The first kappa shape index (κ1) is 26.2. The van der Waals surface area contributed by atoms with Crippen molar-refractivity contribution >= 4 is 10.0 Å². The van der Waals surface area contributed by atoms with Crippen molar-refractivity contribution in [3.05, 3.63) is 78.4 Å². The molecule has 0 saturated carbocycles. The van der Waals surface area contributed by atoms with E-state index in [4.69, 9.17) is 4.74 Å². The van der Waals surface area contributed by atoms with E-state index in [1.165, 1.54) is 16.4 Å². The van der Waals surface area contributed by atoms with Crippen LogP contribution in [0.2, 0.25) is 0 Å². The summed E-state index contributed by atoms with van der Waals surface area (Å²) in [5.74, 6) is -0.407. The van der Waals surface area contributed by atoms with Gasteiger partial charge >= 0.3 is 0 Å². The minimum Gasteiger partial charge on any atom is -0.487 e. The van der Waals surface area contributed by atoms with Gasteiger partial charge in [-0.15, -0.1) is 0 Å². The number of aliphatic hydroxyl groups is 1. The lowest BCUT2D eigenvalue weighted by atomic mass is 10.0. The van der Waals surface area contributed by atoms with E-state index in [0.29, 0.717) is 24.2 Å². The van der Waals surface area contributed by atoms with Crippen molar-refractivity contribution in [3.8, 4) is 16.9 Å². The van der Waals surface area contributed by atoms with Crippen LogP contribution in [0.5, 0.6) is 5.75 Å². The molecule has 4 rings (SSSR count). The summed E-state index contributed by atoms with van der Waals surface area (Å²) < 4.78 is 49.6. The van der Waals surface area contributed by atoms with Gasteiger partial charge in [0.25, 0.3) is 0 Å². The summed E-state index contributed by atoms with van der Waals surface area (Å²) in [6.45, 7) is 4.70. The number of rotatable bonds is 7. The van der Waals surface area contributed by atoms with Crippen molar-refractivity contribution in [2.75, 3.05) is 26.7 Å². The number of hydrogen-bond acceptors (Lipinski definition) is 6. The predicted molar refractivity (Wildman–Crippen MR) is 136 cm³/mol. The summed E-state index contributed by atoms with van der Waals surface area (Å²) in [6, 6.07) is 14.3. The Bertz CT molecular complexity index is 1290. The fourth-order valence-electron chi connectivity index (χ4n) is 4.48. The van der Waals surface area contributed by atoms with E-state index in [9.17, 15) is 17.9 Å². The molecule has 3 atom stereocenters. The second kappa shape index (κ2) is 11.0. The summed E-state index contributed by atoms with van der Waals surface area (Å²) in [4.78, 5) is 6.29. The monoisotopic (exact) mass is 513 g/mol. The standard InChI is InChI=1S/C27H32FN3O4S/c1-19-15-31(20(2)18-32)36(33,34)27-11-10-22(23-8-4-5-9-24(23)28)13-25(27)35-26(19)17-30(3)16-21-7-6-12-29-14-21/h4-14,19-20,26,32H,15-18H2,1-3H3/t19-,20+,26+/m1/s1. The molecule has 7 nitrogen and oxygen atoms in total. The van der Waals surface area contributed by atoms with Crippen LogP contribution in [0.3, 0.4) is 0 Å². The zero-order valence-electron chi connectivity index (χ0n) is 20.7. The van der Waals surface area contributed by atoms with Crippen LogP contribution in [0.1, 0.15) is 19.4 Å². The van der Waals surface area contributed by atoms with Gasteiger partial charge in [-0.05, 0) is 49.4 Å². The van der Waals surface area contributed by atoms with Crippen LogP contribution in [0.15, 0.2) is 71.9 Å². The van der Waals surface area contributed by atoms with Gasteiger partial charge in [-0.1, -0.05) is 37.3 Å². The van der Waals surface area contributed by atoms with Crippen LogP contribution >= 0.6 is 0 Å². The second-order valence-electron chi connectivity index (χ2n) is 9.44. The summed E-state index contributed by atoms with van der Waals surface area (Å²) in [7, 11) is -1.99. The lowest BCUT2D eigenvalue weighted by Crippen LogP contribution is -2.49. The van der Waals surface area contributed by atoms with Gasteiger partial charge in [0.05, 0.1) is 6.61 Å². The van der Waals surface area contributed by atoms with E-state index < -0.39 is 21.9 Å². The van der Waals surface area contributed by atoms with Gasteiger partial charge in [-0.2, -0.15) is 4.31 Å². The highest BCUT2D eigenvalue weighted by molar-refractivity contribution is 7.89. The SMILES string of the molecule is C[C@@H]1CN([C@@H](C)CO)S(=O)(=O)c2ccc(-c3ccccc3F)cc2O[C@H]1CN(C)Cc1cccnc1. The van der Waals surface area contributed by atoms with Gasteiger partial charge < -0.3 is 9.84 Å². The zero-order chi connectivity index (χ0) is 25.9. The number of fused-ring (bicyclic) bond motifs is 1. The lowest BCUT2D eigenvalue weighted by Gasteiger charge is -2.37. The molecule has 192 valence electrons. The Kier molecular flexibility index (Phi) is 8.04. The second-order valence-corrected chi connectivity index (χ2v) is 11.3. The molecule has 1 aliphatic rings. The molecule has 2 heterocycles. The number of pyridine rings is 1. The highest BCUT2D eigenvalue weighted by Crippen LogP contribution is 2.37. The van der Waals surface area contributed by atoms with Crippen molar-refractivity contribution < 1.29 is 22.7 Å². The predicted octanol–water partition coefficient (Wildman–Crippen LogP) is 3.79. The number of halogens is 1. The maximum absolute atomic E-state index is 14.5. The first-order chi connectivity index (χ1) is 17.2. The van der Waals surface area contributed by atoms with Crippen molar-refractivity contribution in [2.24, 2.45) is 5.92 Å². The van der Waals surface area contributed by atoms with Crippen LogP contribution in [-0.2, 0) is 16.6 Å². The molecule has 9 heteroatoms. The van der Waals surface area contributed by atoms with E-state index in [1.807, 2.05) is 32.3 Å². The van der Waals surface area contributed by atoms with E-state index in [2.05, 4.69) is 9.88 Å². The first-order valence-corrected chi connectivity index (χ1v) is 13.4. The number of nitrogens with zero attached hydrogens (tertiary/aromatic N) is 3. The average molecular weight is 514 g/mol. The molecular formula is C27H32FN3O4S. The Hall–Kier alpha value is -2.85. The molecule has 0 unspecified atom stereocenters. The van der Waals surface area contributed by atoms with E-state index in [1.54, 1.807) is 43.5 Å². The highest BCUT2D eigenvalue weighted by Gasteiger charge is 2.38. The summed E-state index contributed by atoms with van der Waals surface area (Å²) >= 11 is 0. The third-order valence-electron chi connectivity index (χ3n) is 6.52. The minimum atomic E-state index is -3.96. The molecule has 1 N–H and O–H groups in total.